The van der Waals surface area contributed by atoms with Crippen molar-refractivity contribution in [2.24, 2.45) is 0 Å². The molecule has 0 aliphatic heterocycles. The highest BCUT2D eigenvalue weighted by molar-refractivity contribution is 6.10. The van der Waals surface area contributed by atoms with Crippen LogP contribution in [0, 0.1) is 5.82 Å². The number of nitrogens with one attached hydrogen (secondary N) is 2. The summed E-state index contributed by atoms with van der Waals surface area (Å²) in [6.45, 7) is -0.189. The number of anilines is 2. The molecule has 2 N–H and O–H groups in total. The van der Waals surface area contributed by atoms with Crippen molar-refractivity contribution in [3.8, 4) is 0 Å². The molecule has 0 unspecified atom stereocenters. The normalized spacial score (nSPS) is 11.8. The Hall–Kier alpha value is -4.54. The molecule has 0 amide bonds. The van der Waals surface area contributed by atoms with Gasteiger partial charge in [-0.2, -0.15) is 18.3 Å². The quantitative estimate of drug-likeness (QED) is 0.208. The van der Waals surface area contributed by atoms with E-state index in [9.17, 15) is 27.2 Å². The maximum absolute atomic E-state index is 13.9. The molecule has 3 aromatic heterocycles. The zero-order valence-electron chi connectivity index (χ0n) is 17.7. The van der Waals surface area contributed by atoms with Crippen molar-refractivity contribution in [1.29, 1.82) is 0 Å². The first-order valence-electron chi connectivity index (χ1n) is 10.3. The maximum atomic E-state index is 13.9. The molecule has 2 aromatic carbocycles. The number of fused-ring (bicyclic) bond motifs is 3. The topological polar surface area (TPSA) is 92.7 Å². The predicted molar refractivity (Wildman–Crippen MR) is 121 cm³/mol. The van der Waals surface area contributed by atoms with E-state index in [1.165, 1.54) is 35.3 Å². The molecule has 0 saturated heterocycles. The molecule has 0 radical (unpaired) electrons. The van der Waals surface area contributed by atoms with Crippen LogP contribution in [0.1, 0.15) is 15.9 Å². The van der Waals surface area contributed by atoms with Crippen LogP contribution in [0.3, 0.4) is 0 Å². The van der Waals surface area contributed by atoms with Gasteiger partial charge in [-0.25, -0.2) is 9.37 Å². The van der Waals surface area contributed by atoms with Crippen molar-refractivity contribution in [1.82, 2.24) is 19.7 Å². The number of pyridine rings is 2. The van der Waals surface area contributed by atoms with Crippen molar-refractivity contribution in [3.05, 3.63) is 94.4 Å². The number of H-pyrrole nitrogens is 1. The first-order chi connectivity index (χ1) is 16.7. The summed E-state index contributed by atoms with van der Waals surface area (Å²) in [5, 5.41) is 8.43. The zero-order valence-corrected chi connectivity index (χ0v) is 17.7. The lowest BCUT2D eigenvalue weighted by Gasteiger charge is -2.10. The lowest BCUT2D eigenvalue weighted by atomic mass is 10.1. The second kappa shape index (κ2) is 8.35. The van der Waals surface area contributed by atoms with E-state index in [1.54, 1.807) is 12.3 Å². The molecule has 0 aliphatic rings. The van der Waals surface area contributed by atoms with Crippen molar-refractivity contribution in [3.63, 3.8) is 0 Å². The van der Waals surface area contributed by atoms with Gasteiger partial charge in [0.05, 0.1) is 23.1 Å². The third-order valence-corrected chi connectivity index (χ3v) is 5.43. The molecule has 0 aliphatic carbocycles. The van der Waals surface area contributed by atoms with Crippen molar-refractivity contribution < 1.29 is 22.4 Å². The van der Waals surface area contributed by atoms with Crippen LogP contribution in [0.2, 0.25) is 0 Å². The summed E-state index contributed by atoms with van der Waals surface area (Å²) in [6.07, 6.45) is -0.000875. The Balaban J connectivity index is 1.41. The number of hydrogen-bond donors (Lipinski definition) is 2. The standard InChI is InChI=1S/C24H15F4N5O2/c25-15-5-6-17-18(9-15)21-19(7-8-29-22(21)32-23(17)35)31-16-10-30-33(11-16)12-20(34)13-1-3-14(4-2-13)24(26,27)28/h1-11H,12H2,(H2,29,31,32,35). The highest BCUT2D eigenvalue weighted by Crippen LogP contribution is 2.30. The van der Waals surface area contributed by atoms with E-state index >= 15 is 0 Å². The number of alkyl halides is 3. The molecule has 0 saturated carbocycles. The lowest BCUT2D eigenvalue weighted by molar-refractivity contribution is -0.137. The number of nitrogens with zero attached hydrogens (tertiary/aromatic N) is 3. The molecule has 0 fully saturated rings. The van der Waals surface area contributed by atoms with Gasteiger partial charge < -0.3 is 10.3 Å². The average molecular weight is 481 g/mol. The van der Waals surface area contributed by atoms with Gasteiger partial charge >= 0.3 is 6.18 Å². The highest BCUT2D eigenvalue weighted by atomic mass is 19.4. The minimum absolute atomic E-state index is 0.126. The monoisotopic (exact) mass is 481 g/mol. The highest BCUT2D eigenvalue weighted by Gasteiger charge is 2.30. The van der Waals surface area contributed by atoms with Crippen LogP contribution >= 0.6 is 0 Å². The molecule has 35 heavy (non-hydrogen) atoms. The number of ketones is 1. The third-order valence-electron chi connectivity index (χ3n) is 5.43. The van der Waals surface area contributed by atoms with Gasteiger partial charge in [0.15, 0.2) is 5.78 Å². The molecule has 5 aromatic rings. The van der Waals surface area contributed by atoms with Crippen molar-refractivity contribution in [2.75, 3.05) is 5.32 Å². The molecule has 0 atom stereocenters. The number of carbonyl (C=O) groups excluding carboxylic acids is 1. The molecule has 11 heteroatoms. The van der Waals surface area contributed by atoms with Crippen LogP contribution < -0.4 is 10.9 Å². The zero-order chi connectivity index (χ0) is 24.7. The summed E-state index contributed by atoms with van der Waals surface area (Å²) >= 11 is 0. The molecule has 3 heterocycles. The Morgan fingerprint density at radius 1 is 1.06 bits per heavy atom. The summed E-state index contributed by atoms with van der Waals surface area (Å²) in [5.74, 6) is -0.921. The van der Waals surface area contributed by atoms with E-state index in [0.717, 1.165) is 24.3 Å². The Morgan fingerprint density at radius 2 is 1.83 bits per heavy atom. The molecular weight excluding hydrogens is 466 g/mol. The summed E-state index contributed by atoms with van der Waals surface area (Å²) in [4.78, 5) is 31.7. The Labute approximate surface area is 194 Å². The largest absolute Gasteiger partial charge is 0.416 e. The minimum Gasteiger partial charge on any atom is -0.352 e. The summed E-state index contributed by atoms with van der Waals surface area (Å²) < 4.78 is 53.5. The van der Waals surface area contributed by atoms with Gasteiger partial charge in [0.1, 0.15) is 18.0 Å². The second-order valence-electron chi connectivity index (χ2n) is 7.78. The van der Waals surface area contributed by atoms with Crippen molar-refractivity contribution in [2.45, 2.75) is 12.7 Å². The molecular formula is C24H15F4N5O2. The van der Waals surface area contributed by atoms with E-state index < -0.39 is 28.9 Å². The van der Waals surface area contributed by atoms with Gasteiger partial charge in [0.25, 0.3) is 5.56 Å². The molecule has 0 bridgehead atoms. The number of hydrogen-bond acceptors (Lipinski definition) is 5. The number of halogens is 4. The van der Waals surface area contributed by atoms with E-state index in [4.69, 9.17) is 0 Å². The SMILES string of the molecule is O=C(Cn1cc(Nc2ccnc3[nH]c(=O)c4ccc(F)cc4c23)cn1)c1ccc(C(F)(F)F)cc1. The Bertz CT molecular complexity index is 1640. The Kier molecular flexibility index (Phi) is 5.31. The van der Waals surface area contributed by atoms with Crippen LogP contribution in [0.25, 0.3) is 21.8 Å². The van der Waals surface area contributed by atoms with E-state index in [2.05, 4.69) is 20.4 Å². The predicted octanol–water partition coefficient (Wildman–Crippen LogP) is 5.06. The van der Waals surface area contributed by atoms with Gasteiger partial charge in [0, 0.05) is 34.1 Å². The lowest BCUT2D eigenvalue weighted by Crippen LogP contribution is -2.11. The van der Waals surface area contributed by atoms with Crippen LogP contribution in [0.4, 0.5) is 28.9 Å². The summed E-state index contributed by atoms with van der Waals surface area (Å²) in [7, 11) is 0. The van der Waals surface area contributed by atoms with Gasteiger partial charge in [-0.1, -0.05) is 12.1 Å². The van der Waals surface area contributed by atoms with Gasteiger partial charge in [0.2, 0.25) is 0 Å². The van der Waals surface area contributed by atoms with Crippen molar-refractivity contribution >= 4 is 39.0 Å². The van der Waals surface area contributed by atoms with Gasteiger partial charge in [-0.3, -0.25) is 14.3 Å². The van der Waals surface area contributed by atoms with Gasteiger partial charge in [-0.05, 0) is 36.4 Å². The first kappa shape index (κ1) is 22.3. The number of aromatic amines is 1. The van der Waals surface area contributed by atoms with Crippen LogP contribution in [-0.4, -0.2) is 25.5 Å². The molecule has 7 nitrogen and oxygen atoms in total. The summed E-state index contributed by atoms with van der Waals surface area (Å²) in [6, 6.07) is 9.46. The molecule has 0 spiro atoms. The van der Waals surface area contributed by atoms with E-state index in [0.29, 0.717) is 27.5 Å². The number of rotatable bonds is 5. The second-order valence-corrected chi connectivity index (χ2v) is 7.78. The van der Waals surface area contributed by atoms with Crippen LogP contribution in [0.15, 0.2) is 71.9 Å². The van der Waals surface area contributed by atoms with Crippen LogP contribution in [0.5, 0.6) is 0 Å². The fraction of sp³-hybridized carbons (Fsp3) is 0.0833. The number of carbonyl (C=O) groups is 1. The fourth-order valence-corrected chi connectivity index (χ4v) is 3.78. The fourth-order valence-electron chi connectivity index (χ4n) is 3.78. The molecule has 176 valence electrons. The first-order valence-corrected chi connectivity index (χ1v) is 10.3. The third kappa shape index (κ3) is 4.35. The number of benzene rings is 2. The maximum Gasteiger partial charge on any atom is 0.416 e. The smallest absolute Gasteiger partial charge is 0.352 e. The number of Topliss-reactive ketones (excluding diaryl/α,β-unsaturated/α-hetero) is 1. The average Bonchev–Trinajstić information content (AvgIpc) is 3.25. The van der Waals surface area contributed by atoms with E-state index in [-0.39, 0.29) is 17.8 Å². The summed E-state index contributed by atoms with van der Waals surface area (Å²) in [5.41, 5.74) is 0.178. The van der Waals surface area contributed by atoms with Gasteiger partial charge in [-0.15, -0.1) is 0 Å². The minimum atomic E-state index is -4.48. The van der Waals surface area contributed by atoms with Crippen LogP contribution in [-0.2, 0) is 12.7 Å². The Morgan fingerprint density at radius 3 is 2.57 bits per heavy atom. The number of aromatic nitrogens is 4. The molecule has 5 rings (SSSR count). The van der Waals surface area contributed by atoms with E-state index in [1.807, 2.05) is 0 Å².